The molecule has 2 saturated heterocycles. The van der Waals surface area contributed by atoms with Crippen LogP contribution in [0.15, 0.2) is 29.4 Å². The molecular weight excluding hydrogens is 372 g/mol. The number of rotatable bonds is 5. The largest absolute Gasteiger partial charge is 0.342 e. The van der Waals surface area contributed by atoms with Crippen molar-refractivity contribution in [3.8, 4) is 0 Å². The van der Waals surface area contributed by atoms with Crippen LogP contribution in [0.2, 0.25) is 0 Å². The van der Waals surface area contributed by atoms with Crippen molar-refractivity contribution >= 4 is 34.6 Å². The fourth-order valence-electron chi connectivity index (χ4n) is 3.99. The molecule has 0 spiro atoms. The molecule has 150 valence electrons. The van der Waals surface area contributed by atoms with E-state index in [1.165, 1.54) is 11.8 Å². The van der Waals surface area contributed by atoms with Crippen molar-refractivity contribution in [3.63, 3.8) is 0 Å². The van der Waals surface area contributed by atoms with Crippen LogP contribution in [0, 0.1) is 5.92 Å². The molecule has 7 heteroatoms. The Kier molecular flexibility index (Phi) is 5.90. The summed E-state index contributed by atoms with van der Waals surface area (Å²) >= 11 is 1.45. The van der Waals surface area contributed by atoms with Crippen molar-refractivity contribution < 1.29 is 9.59 Å². The Labute approximate surface area is 170 Å². The predicted octanol–water partition coefficient (Wildman–Crippen LogP) is 3.01. The Balaban J connectivity index is 1.50. The first kappa shape index (κ1) is 19.3. The summed E-state index contributed by atoms with van der Waals surface area (Å²) in [7, 11) is 0. The predicted molar refractivity (Wildman–Crippen MR) is 111 cm³/mol. The van der Waals surface area contributed by atoms with E-state index in [9.17, 15) is 9.59 Å². The lowest BCUT2D eigenvalue weighted by atomic mass is 9.99. The van der Waals surface area contributed by atoms with Crippen LogP contribution in [0.4, 0.5) is 0 Å². The first-order valence-electron chi connectivity index (χ1n) is 10.3. The molecule has 4 rings (SSSR count). The van der Waals surface area contributed by atoms with E-state index in [0.29, 0.717) is 11.7 Å². The molecule has 6 nitrogen and oxygen atoms in total. The molecule has 0 saturated carbocycles. The Morgan fingerprint density at radius 1 is 1.04 bits per heavy atom. The average Bonchev–Trinajstić information content (AvgIpc) is 3.35. The van der Waals surface area contributed by atoms with E-state index in [1.807, 2.05) is 38.6 Å². The smallest absolute Gasteiger partial charge is 0.242 e. The zero-order valence-corrected chi connectivity index (χ0v) is 17.3. The van der Waals surface area contributed by atoms with Crippen molar-refractivity contribution in [3.05, 3.63) is 24.3 Å². The molecule has 0 bridgehead atoms. The maximum Gasteiger partial charge on any atom is 0.242 e. The summed E-state index contributed by atoms with van der Waals surface area (Å²) in [4.78, 5) is 34.0. The van der Waals surface area contributed by atoms with Gasteiger partial charge in [-0.3, -0.25) is 9.59 Å². The van der Waals surface area contributed by atoms with Gasteiger partial charge in [0.1, 0.15) is 6.54 Å². The van der Waals surface area contributed by atoms with E-state index in [-0.39, 0.29) is 18.4 Å². The Morgan fingerprint density at radius 2 is 1.71 bits per heavy atom. The molecule has 2 aliphatic rings. The Bertz CT molecular complexity index is 851. The van der Waals surface area contributed by atoms with Gasteiger partial charge in [-0.25, -0.2) is 4.98 Å². The number of imidazole rings is 1. The summed E-state index contributed by atoms with van der Waals surface area (Å²) in [6.07, 6.45) is 4.33. The number of hydrogen-bond acceptors (Lipinski definition) is 4. The molecule has 0 unspecified atom stereocenters. The zero-order chi connectivity index (χ0) is 19.5. The number of nitrogens with zero attached hydrogens (tertiary/aromatic N) is 4. The maximum atomic E-state index is 12.9. The molecule has 0 aliphatic carbocycles. The van der Waals surface area contributed by atoms with E-state index < -0.39 is 0 Å². The highest BCUT2D eigenvalue weighted by molar-refractivity contribution is 7.99. The number of amides is 2. The molecule has 2 aromatic rings. The van der Waals surface area contributed by atoms with Crippen molar-refractivity contribution in [2.75, 3.05) is 31.9 Å². The van der Waals surface area contributed by atoms with Gasteiger partial charge >= 0.3 is 0 Å². The van der Waals surface area contributed by atoms with Gasteiger partial charge < -0.3 is 14.4 Å². The highest BCUT2D eigenvalue weighted by Crippen LogP contribution is 2.26. The van der Waals surface area contributed by atoms with Crippen LogP contribution in [0.1, 0.15) is 32.6 Å². The molecule has 28 heavy (non-hydrogen) atoms. The third kappa shape index (κ3) is 4.19. The molecule has 2 aliphatic heterocycles. The lowest BCUT2D eigenvalue weighted by Crippen LogP contribution is -2.39. The van der Waals surface area contributed by atoms with Crippen molar-refractivity contribution in [1.82, 2.24) is 19.4 Å². The summed E-state index contributed by atoms with van der Waals surface area (Å²) in [6.45, 7) is 5.93. The van der Waals surface area contributed by atoms with E-state index >= 15 is 0 Å². The lowest BCUT2D eigenvalue weighted by molar-refractivity contribution is -0.133. The van der Waals surface area contributed by atoms with Gasteiger partial charge in [-0.15, -0.1) is 0 Å². The summed E-state index contributed by atoms with van der Waals surface area (Å²) in [5, 5.41) is 0.757. The van der Waals surface area contributed by atoms with Gasteiger partial charge in [0, 0.05) is 26.2 Å². The number of piperidine rings is 1. The molecular formula is C21H28N4O2S. The van der Waals surface area contributed by atoms with Crippen LogP contribution in [-0.4, -0.2) is 63.1 Å². The van der Waals surface area contributed by atoms with E-state index in [2.05, 4.69) is 6.92 Å². The number of fused-ring (bicyclic) bond motifs is 1. The Hall–Kier alpha value is -2.02. The molecule has 0 radical (unpaired) electrons. The quantitative estimate of drug-likeness (QED) is 0.724. The average molecular weight is 401 g/mol. The second kappa shape index (κ2) is 8.55. The lowest BCUT2D eigenvalue weighted by Gasteiger charge is -2.30. The number of benzene rings is 1. The topological polar surface area (TPSA) is 58.4 Å². The summed E-state index contributed by atoms with van der Waals surface area (Å²) < 4.78 is 1.98. The maximum absolute atomic E-state index is 12.9. The van der Waals surface area contributed by atoms with Crippen molar-refractivity contribution in [2.24, 2.45) is 5.92 Å². The number of carbonyl (C=O) groups excluding carboxylic acids is 2. The third-order valence-corrected chi connectivity index (χ3v) is 6.79. The highest BCUT2D eigenvalue weighted by Gasteiger charge is 2.23. The van der Waals surface area contributed by atoms with Crippen LogP contribution in [-0.2, 0) is 16.1 Å². The molecule has 1 aromatic carbocycles. The summed E-state index contributed by atoms with van der Waals surface area (Å²) in [5.41, 5.74) is 1.83. The highest BCUT2D eigenvalue weighted by atomic mass is 32.2. The van der Waals surface area contributed by atoms with Gasteiger partial charge in [-0.05, 0) is 43.7 Å². The molecule has 3 heterocycles. The number of para-hydroxylation sites is 2. The van der Waals surface area contributed by atoms with Gasteiger partial charge in [-0.2, -0.15) is 0 Å². The third-order valence-electron chi connectivity index (χ3n) is 5.83. The van der Waals surface area contributed by atoms with Gasteiger partial charge in [0.2, 0.25) is 11.8 Å². The second-order valence-corrected chi connectivity index (χ2v) is 8.85. The van der Waals surface area contributed by atoms with Gasteiger partial charge in [0.25, 0.3) is 0 Å². The summed E-state index contributed by atoms with van der Waals surface area (Å²) in [6, 6.07) is 7.89. The Morgan fingerprint density at radius 3 is 2.46 bits per heavy atom. The summed E-state index contributed by atoms with van der Waals surface area (Å²) in [5.74, 6) is 1.37. The van der Waals surface area contributed by atoms with Gasteiger partial charge in [-0.1, -0.05) is 30.8 Å². The monoisotopic (exact) mass is 400 g/mol. The molecule has 2 fully saturated rings. The zero-order valence-electron chi connectivity index (χ0n) is 16.5. The molecule has 1 aromatic heterocycles. The van der Waals surface area contributed by atoms with Crippen LogP contribution in [0.5, 0.6) is 0 Å². The van der Waals surface area contributed by atoms with Crippen LogP contribution >= 0.6 is 11.8 Å². The van der Waals surface area contributed by atoms with E-state index in [4.69, 9.17) is 4.98 Å². The van der Waals surface area contributed by atoms with Crippen LogP contribution in [0.25, 0.3) is 11.0 Å². The van der Waals surface area contributed by atoms with Crippen molar-refractivity contribution in [2.45, 2.75) is 44.3 Å². The first-order chi connectivity index (χ1) is 13.6. The molecule has 0 atom stereocenters. The fraction of sp³-hybridized carbons (Fsp3) is 0.571. The molecule has 0 N–H and O–H groups in total. The number of aromatic nitrogens is 2. The number of likely N-dealkylation sites (tertiary alicyclic amines) is 2. The van der Waals surface area contributed by atoms with E-state index in [1.54, 1.807) is 0 Å². The normalized spacial score (nSPS) is 18.2. The van der Waals surface area contributed by atoms with Crippen LogP contribution < -0.4 is 0 Å². The van der Waals surface area contributed by atoms with E-state index in [0.717, 1.165) is 68.1 Å². The number of carbonyl (C=O) groups is 2. The fourth-order valence-corrected chi connectivity index (χ4v) is 4.91. The standard InChI is InChI=1S/C21H28N4O2S/c1-16-8-12-24(13-9-16)19(26)14-25-18-7-3-2-6-17(18)22-21(25)28-15-20(27)23-10-4-5-11-23/h2-3,6-7,16H,4-5,8-15H2,1H3. The minimum absolute atomic E-state index is 0.141. The second-order valence-electron chi connectivity index (χ2n) is 7.91. The van der Waals surface area contributed by atoms with Gasteiger partial charge in [0.15, 0.2) is 5.16 Å². The number of hydrogen-bond donors (Lipinski definition) is 0. The number of thioether (sulfide) groups is 1. The minimum Gasteiger partial charge on any atom is -0.342 e. The molecule has 2 amide bonds. The van der Waals surface area contributed by atoms with Crippen LogP contribution in [0.3, 0.4) is 0 Å². The first-order valence-corrected chi connectivity index (χ1v) is 11.2. The van der Waals surface area contributed by atoms with Gasteiger partial charge in [0.05, 0.1) is 16.8 Å². The SMILES string of the molecule is CC1CCN(C(=O)Cn2c(SCC(=O)N3CCCC3)nc3ccccc32)CC1. The minimum atomic E-state index is 0.141. The van der Waals surface area contributed by atoms with Crippen molar-refractivity contribution in [1.29, 1.82) is 0 Å².